The fraction of sp³-hybridized carbons (Fsp3) is 0.250. The SMILES string of the molecule is CCCc1nnc(SCc2ccc(Br)cc2)n1/N=C\c1ccccc1C. The number of aryl methyl sites for hydroxylation is 2. The van der Waals surface area contributed by atoms with Crippen LogP contribution in [0.1, 0.15) is 35.9 Å². The molecule has 1 aromatic heterocycles. The molecule has 0 aliphatic rings. The Balaban J connectivity index is 1.81. The van der Waals surface area contributed by atoms with Gasteiger partial charge in [-0.25, -0.2) is 0 Å². The van der Waals surface area contributed by atoms with Crippen molar-refractivity contribution in [1.82, 2.24) is 14.9 Å². The van der Waals surface area contributed by atoms with Crippen molar-refractivity contribution in [2.24, 2.45) is 5.10 Å². The zero-order chi connectivity index (χ0) is 18.4. The second kappa shape index (κ2) is 9.14. The molecular formula is C20H21BrN4S. The summed E-state index contributed by atoms with van der Waals surface area (Å²) in [5, 5.41) is 14.2. The Morgan fingerprint density at radius 3 is 2.62 bits per heavy atom. The number of benzene rings is 2. The second-order valence-corrected chi connectivity index (χ2v) is 7.84. The highest BCUT2D eigenvalue weighted by Gasteiger charge is 2.11. The number of hydrogen-bond acceptors (Lipinski definition) is 4. The fourth-order valence-corrected chi connectivity index (χ4v) is 3.59. The number of hydrogen-bond donors (Lipinski definition) is 0. The minimum Gasteiger partial charge on any atom is -0.191 e. The molecule has 4 nitrogen and oxygen atoms in total. The van der Waals surface area contributed by atoms with Gasteiger partial charge in [0.2, 0.25) is 5.16 Å². The number of aromatic nitrogens is 3. The van der Waals surface area contributed by atoms with Crippen LogP contribution < -0.4 is 0 Å². The first-order valence-electron chi connectivity index (χ1n) is 8.59. The van der Waals surface area contributed by atoms with Gasteiger partial charge in [0, 0.05) is 16.6 Å². The van der Waals surface area contributed by atoms with Crippen molar-refractivity contribution < 1.29 is 0 Å². The van der Waals surface area contributed by atoms with Crippen molar-refractivity contribution in [3.63, 3.8) is 0 Å². The Morgan fingerprint density at radius 1 is 1.12 bits per heavy atom. The Hall–Kier alpha value is -1.92. The highest BCUT2D eigenvalue weighted by Crippen LogP contribution is 2.23. The zero-order valence-corrected chi connectivity index (χ0v) is 17.3. The van der Waals surface area contributed by atoms with Crippen molar-refractivity contribution in [1.29, 1.82) is 0 Å². The van der Waals surface area contributed by atoms with Gasteiger partial charge in [0.05, 0.1) is 6.21 Å². The minimum atomic E-state index is 0.821. The first kappa shape index (κ1) is 18.9. The molecule has 0 spiro atoms. The largest absolute Gasteiger partial charge is 0.212 e. The third-order valence-corrected chi connectivity index (χ3v) is 5.45. The Kier molecular flexibility index (Phi) is 6.63. The van der Waals surface area contributed by atoms with E-state index >= 15 is 0 Å². The van der Waals surface area contributed by atoms with Gasteiger partial charge in [-0.15, -0.1) is 10.2 Å². The van der Waals surface area contributed by atoms with Crippen LogP contribution in [-0.2, 0) is 12.2 Å². The van der Waals surface area contributed by atoms with Crippen molar-refractivity contribution in [3.8, 4) is 0 Å². The molecule has 0 fully saturated rings. The third-order valence-electron chi connectivity index (χ3n) is 3.93. The zero-order valence-electron chi connectivity index (χ0n) is 14.9. The monoisotopic (exact) mass is 428 g/mol. The number of thioether (sulfide) groups is 1. The summed E-state index contributed by atoms with van der Waals surface area (Å²) in [4.78, 5) is 0. The Bertz CT molecular complexity index is 887. The van der Waals surface area contributed by atoms with Gasteiger partial charge >= 0.3 is 0 Å². The highest BCUT2D eigenvalue weighted by molar-refractivity contribution is 9.10. The molecule has 3 aromatic rings. The summed E-state index contributed by atoms with van der Waals surface area (Å²) in [6.07, 6.45) is 3.76. The van der Waals surface area contributed by atoms with E-state index in [0.717, 1.165) is 39.6 Å². The summed E-state index contributed by atoms with van der Waals surface area (Å²) in [6, 6.07) is 16.5. The molecule has 0 atom stereocenters. The Labute approximate surface area is 166 Å². The first-order valence-corrected chi connectivity index (χ1v) is 10.4. The summed E-state index contributed by atoms with van der Waals surface area (Å²) in [5.74, 6) is 1.73. The van der Waals surface area contributed by atoms with Gasteiger partial charge in [0.25, 0.3) is 0 Å². The second-order valence-electron chi connectivity index (χ2n) is 5.98. The topological polar surface area (TPSA) is 43.1 Å². The highest BCUT2D eigenvalue weighted by atomic mass is 79.9. The minimum absolute atomic E-state index is 0.821. The van der Waals surface area contributed by atoms with Crippen LogP contribution in [-0.4, -0.2) is 21.1 Å². The normalized spacial score (nSPS) is 11.3. The van der Waals surface area contributed by atoms with E-state index in [-0.39, 0.29) is 0 Å². The average Bonchev–Trinajstić information content (AvgIpc) is 3.03. The molecule has 0 radical (unpaired) electrons. The molecule has 2 aromatic carbocycles. The van der Waals surface area contributed by atoms with E-state index in [1.807, 2.05) is 23.0 Å². The van der Waals surface area contributed by atoms with E-state index in [2.05, 4.69) is 81.5 Å². The quantitative estimate of drug-likeness (QED) is 0.369. The van der Waals surface area contributed by atoms with Gasteiger partial charge in [0.15, 0.2) is 5.82 Å². The molecule has 6 heteroatoms. The standard InChI is InChI=1S/C20H21BrN4S/c1-3-6-19-23-24-20(26-14-16-9-11-18(21)12-10-16)25(19)22-13-17-8-5-4-7-15(17)2/h4-5,7-13H,3,6,14H2,1-2H3/b22-13-. The molecule has 134 valence electrons. The van der Waals surface area contributed by atoms with Crippen molar-refractivity contribution in [3.05, 3.63) is 75.5 Å². The summed E-state index contributed by atoms with van der Waals surface area (Å²) < 4.78 is 2.96. The molecule has 0 saturated heterocycles. The van der Waals surface area contributed by atoms with E-state index in [0.29, 0.717) is 0 Å². The van der Waals surface area contributed by atoms with Crippen LogP contribution in [0.3, 0.4) is 0 Å². The van der Waals surface area contributed by atoms with Crippen molar-refractivity contribution >= 4 is 33.9 Å². The number of rotatable bonds is 7. The lowest BCUT2D eigenvalue weighted by molar-refractivity contribution is 0.700. The molecular weight excluding hydrogens is 408 g/mol. The van der Waals surface area contributed by atoms with Gasteiger partial charge < -0.3 is 0 Å². The van der Waals surface area contributed by atoms with Gasteiger partial charge in [0.1, 0.15) is 0 Å². The lowest BCUT2D eigenvalue weighted by atomic mass is 10.1. The van der Waals surface area contributed by atoms with E-state index < -0.39 is 0 Å². The molecule has 1 heterocycles. The van der Waals surface area contributed by atoms with E-state index in [1.165, 1.54) is 11.1 Å². The smallest absolute Gasteiger partial charge is 0.191 e. The molecule has 0 saturated carbocycles. The molecule has 0 aliphatic carbocycles. The van der Waals surface area contributed by atoms with Crippen LogP contribution in [0.4, 0.5) is 0 Å². The predicted molar refractivity (Wildman–Crippen MR) is 112 cm³/mol. The van der Waals surface area contributed by atoms with Crippen molar-refractivity contribution in [2.75, 3.05) is 0 Å². The summed E-state index contributed by atoms with van der Waals surface area (Å²) >= 11 is 5.12. The first-order chi connectivity index (χ1) is 12.7. The number of nitrogens with zero attached hydrogens (tertiary/aromatic N) is 4. The molecule has 0 amide bonds. The van der Waals surface area contributed by atoms with Gasteiger partial charge in [-0.1, -0.05) is 71.0 Å². The lowest BCUT2D eigenvalue weighted by Crippen LogP contribution is -2.01. The van der Waals surface area contributed by atoms with Crippen molar-refractivity contribution in [2.45, 2.75) is 37.6 Å². The summed E-state index contributed by atoms with van der Waals surface area (Å²) in [7, 11) is 0. The maximum Gasteiger partial charge on any atom is 0.212 e. The summed E-state index contributed by atoms with van der Waals surface area (Å²) in [5.41, 5.74) is 3.55. The van der Waals surface area contributed by atoms with Crippen LogP contribution in [0.5, 0.6) is 0 Å². The van der Waals surface area contributed by atoms with Crippen LogP contribution in [0.15, 0.2) is 63.3 Å². The summed E-state index contributed by atoms with van der Waals surface area (Å²) in [6.45, 7) is 4.22. The maximum absolute atomic E-state index is 4.68. The van der Waals surface area contributed by atoms with Crippen LogP contribution in [0.25, 0.3) is 0 Å². The van der Waals surface area contributed by atoms with Crippen LogP contribution >= 0.6 is 27.7 Å². The fourth-order valence-electron chi connectivity index (χ4n) is 2.46. The average molecular weight is 429 g/mol. The van der Waals surface area contributed by atoms with Gasteiger partial charge in [-0.3, -0.25) is 0 Å². The Morgan fingerprint density at radius 2 is 1.88 bits per heavy atom. The molecule has 3 rings (SSSR count). The number of halogens is 1. The molecule has 0 N–H and O–H groups in total. The predicted octanol–water partition coefficient (Wildman–Crippen LogP) is 5.48. The van der Waals surface area contributed by atoms with Gasteiger partial charge in [-0.2, -0.15) is 9.78 Å². The molecule has 26 heavy (non-hydrogen) atoms. The molecule has 0 aliphatic heterocycles. The lowest BCUT2D eigenvalue weighted by Gasteiger charge is -2.05. The van der Waals surface area contributed by atoms with E-state index in [4.69, 9.17) is 0 Å². The molecule has 0 unspecified atom stereocenters. The van der Waals surface area contributed by atoms with Crippen LogP contribution in [0, 0.1) is 6.92 Å². The molecule has 0 bridgehead atoms. The maximum atomic E-state index is 4.68. The third kappa shape index (κ3) is 4.83. The van der Waals surface area contributed by atoms with Crippen LogP contribution in [0.2, 0.25) is 0 Å². The van der Waals surface area contributed by atoms with E-state index in [9.17, 15) is 0 Å². The van der Waals surface area contributed by atoms with E-state index in [1.54, 1.807) is 11.8 Å². The van der Waals surface area contributed by atoms with Gasteiger partial charge in [-0.05, 0) is 42.2 Å².